The van der Waals surface area contributed by atoms with Crippen molar-refractivity contribution in [1.82, 2.24) is 15.1 Å². The summed E-state index contributed by atoms with van der Waals surface area (Å²) in [4.78, 5) is 19.9. The summed E-state index contributed by atoms with van der Waals surface area (Å²) in [5.74, 6) is -0.515. The van der Waals surface area contributed by atoms with Crippen molar-refractivity contribution in [3.8, 4) is 11.1 Å². The summed E-state index contributed by atoms with van der Waals surface area (Å²) < 4.78 is 9.42. The van der Waals surface area contributed by atoms with Crippen LogP contribution < -0.4 is 0 Å². The average Bonchev–Trinajstić information content (AvgIpc) is 2.90. The second kappa shape index (κ2) is 4.96. The van der Waals surface area contributed by atoms with Gasteiger partial charge >= 0.3 is 5.97 Å². The Morgan fingerprint density at radius 3 is 2.88 bits per heavy atom. The minimum absolute atomic E-state index is 0.204. The molecule has 0 radical (unpaired) electrons. The van der Waals surface area contributed by atoms with E-state index in [4.69, 9.17) is 4.52 Å². The van der Waals surface area contributed by atoms with E-state index in [9.17, 15) is 4.79 Å². The van der Waals surface area contributed by atoms with Crippen molar-refractivity contribution in [2.75, 3.05) is 13.4 Å². The van der Waals surface area contributed by atoms with Crippen LogP contribution in [0.1, 0.15) is 10.5 Å². The average molecular weight is 251 g/mol. The molecular weight excluding hydrogens is 242 g/mol. The van der Waals surface area contributed by atoms with Crippen LogP contribution in [0, 0.1) is 0 Å². The van der Waals surface area contributed by atoms with Gasteiger partial charge in [-0.05, 0) is 6.26 Å². The van der Waals surface area contributed by atoms with Crippen LogP contribution in [0.25, 0.3) is 11.1 Å². The lowest BCUT2D eigenvalue weighted by atomic mass is 10.1. The van der Waals surface area contributed by atoms with Crippen LogP contribution in [0.3, 0.4) is 0 Å². The van der Waals surface area contributed by atoms with Crippen LogP contribution in [-0.4, -0.2) is 34.5 Å². The van der Waals surface area contributed by atoms with Crippen LogP contribution >= 0.6 is 11.8 Å². The third-order valence-electron chi connectivity index (χ3n) is 2.07. The summed E-state index contributed by atoms with van der Waals surface area (Å²) in [6.45, 7) is 0. The SMILES string of the molecule is COC(=O)c1nc(SC)ncc1-c1cnoc1. The molecule has 0 aliphatic rings. The largest absolute Gasteiger partial charge is 0.464 e. The molecule has 17 heavy (non-hydrogen) atoms. The van der Waals surface area contributed by atoms with Gasteiger partial charge < -0.3 is 9.26 Å². The predicted molar refractivity (Wildman–Crippen MR) is 60.6 cm³/mol. The molecule has 0 saturated carbocycles. The molecule has 0 spiro atoms. The van der Waals surface area contributed by atoms with Gasteiger partial charge in [0, 0.05) is 17.3 Å². The molecule has 6 nitrogen and oxygen atoms in total. The Hall–Kier alpha value is -1.89. The van der Waals surface area contributed by atoms with Gasteiger partial charge in [0.25, 0.3) is 0 Å². The Balaban J connectivity index is 2.55. The Bertz CT molecular complexity index is 528. The molecule has 2 heterocycles. The smallest absolute Gasteiger partial charge is 0.357 e. The summed E-state index contributed by atoms with van der Waals surface area (Å²) in [7, 11) is 1.31. The van der Waals surface area contributed by atoms with E-state index in [0.717, 1.165) is 0 Å². The Kier molecular flexibility index (Phi) is 3.38. The van der Waals surface area contributed by atoms with Gasteiger partial charge in [-0.25, -0.2) is 14.8 Å². The van der Waals surface area contributed by atoms with Crippen LogP contribution in [-0.2, 0) is 4.74 Å². The number of nitrogens with zero attached hydrogens (tertiary/aromatic N) is 3. The number of aromatic nitrogens is 3. The molecule has 0 atom stereocenters. The Morgan fingerprint density at radius 1 is 1.47 bits per heavy atom. The second-order valence-corrected chi connectivity index (χ2v) is 3.80. The summed E-state index contributed by atoms with van der Waals surface area (Å²) in [5.41, 5.74) is 1.38. The standard InChI is InChI=1S/C10H9N3O3S/c1-15-9(14)8-7(6-3-12-16-5-6)4-11-10(13-8)17-2/h3-5H,1-2H3. The van der Waals surface area contributed by atoms with Gasteiger partial charge in [-0.3, -0.25) is 0 Å². The maximum atomic E-state index is 11.6. The number of thioether (sulfide) groups is 1. The van der Waals surface area contributed by atoms with Crippen LogP contribution in [0.5, 0.6) is 0 Å². The number of methoxy groups -OCH3 is 1. The van der Waals surface area contributed by atoms with Crippen molar-refractivity contribution in [1.29, 1.82) is 0 Å². The van der Waals surface area contributed by atoms with Crippen molar-refractivity contribution >= 4 is 17.7 Å². The Labute approximate surface area is 101 Å². The van der Waals surface area contributed by atoms with Crippen LogP contribution in [0.2, 0.25) is 0 Å². The summed E-state index contributed by atoms with van der Waals surface area (Å²) in [6, 6.07) is 0. The fraction of sp³-hybridized carbons (Fsp3) is 0.200. The second-order valence-electron chi connectivity index (χ2n) is 3.02. The highest BCUT2D eigenvalue weighted by molar-refractivity contribution is 7.98. The molecule has 2 aromatic heterocycles. The molecule has 7 heteroatoms. The predicted octanol–water partition coefficient (Wildman–Crippen LogP) is 1.64. The van der Waals surface area contributed by atoms with Gasteiger partial charge in [0.1, 0.15) is 6.26 Å². The molecule has 2 rings (SSSR count). The van der Waals surface area contributed by atoms with E-state index in [2.05, 4.69) is 19.9 Å². The van der Waals surface area contributed by atoms with Crippen molar-refractivity contribution in [2.45, 2.75) is 5.16 Å². The zero-order valence-corrected chi connectivity index (χ0v) is 10.0. The number of rotatable bonds is 3. The van der Waals surface area contributed by atoms with Gasteiger partial charge in [-0.15, -0.1) is 0 Å². The number of carbonyl (C=O) groups excluding carboxylic acids is 1. The molecule has 0 aliphatic carbocycles. The molecular formula is C10H9N3O3S. The maximum absolute atomic E-state index is 11.6. The van der Waals surface area contributed by atoms with Crippen LogP contribution in [0.4, 0.5) is 0 Å². The highest BCUT2D eigenvalue weighted by Crippen LogP contribution is 2.23. The minimum atomic E-state index is -0.515. The van der Waals surface area contributed by atoms with E-state index in [1.165, 1.54) is 31.3 Å². The Morgan fingerprint density at radius 2 is 2.29 bits per heavy atom. The molecule has 0 fully saturated rings. The van der Waals surface area contributed by atoms with Crippen molar-refractivity contribution in [3.63, 3.8) is 0 Å². The third kappa shape index (κ3) is 2.28. The van der Waals surface area contributed by atoms with E-state index in [-0.39, 0.29) is 5.69 Å². The van der Waals surface area contributed by atoms with Crippen molar-refractivity contribution in [2.24, 2.45) is 0 Å². The van der Waals surface area contributed by atoms with E-state index in [1.54, 1.807) is 6.20 Å². The fourth-order valence-corrected chi connectivity index (χ4v) is 1.61. The van der Waals surface area contributed by atoms with Crippen LogP contribution in [0.15, 0.2) is 28.3 Å². The molecule has 88 valence electrons. The first-order chi connectivity index (χ1) is 8.26. The molecule has 0 amide bonds. The van der Waals surface area contributed by atoms with Crippen molar-refractivity contribution < 1.29 is 14.1 Å². The quantitative estimate of drug-likeness (QED) is 0.466. The third-order valence-corrected chi connectivity index (χ3v) is 2.63. The maximum Gasteiger partial charge on any atom is 0.357 e. The van der Waals surface area contributed by atoms with Gasteiger partial charge in [-0.1, -0.05) is 16.9 Å². The lowest BCUT2D eigenvalue weighted by molar-refractivity contribution is 0.0594. The normalized spacial score (nSPS) is 10.2. The van der Waals surface area contributed by atoms with Gasteiger partial charge in [0.2, 0.25) is 0 Å². The fourth-order valence-electron chi connectivity index (χ4n) is 1.27. The van der Waals surface area contributed by atoms with E-state index < -0.39 is 5.97 Å². The zero-order chi connectivity index (χ0) is 12.3. The van der Waals surface area contributed by atoms with Crippen molar-refractivity contribution in [3.05, 3.63) is 24.4 Å². The topological polar surface area (TPSA) is 78.1 Å². The highest BCUT2D eigenvalue weighted by Gasteiger charge is 2.18. The lowest BCUT2D eigenvalue weighted by Gasteiger charge is -2.05. The number of esters is 1. The molecule has 0 N–H and O–H groups in total. The number of hydrogen-bond donors (Lipinski definition) is 0. The zero-order valence-electron chi connectivity index (χ0n) is 9.21. The molecule has 2 aromatic rings. The highest BCUT2D eigenvalue weighted by atomic mass is 32.2. The first-order valence-corrected chi connectivity index (χ1v) is 5.88. The molecule has 0 unspecified atom stereocenters. The first-order valence-electron chi connectivity index (χ1n) is 4.65. The van der Waals surface area contributed by atoms with Gasteiger partial charge in [-0.2, -0.15) is 0 Å². The summed E-state index contributed by atoms with van der Waals surface area (Å²) >= 11 is 1.35. The number of hydrogen-bond acceptors (Lipinski definition) is 7. The summed E-state index contributed by atoms with van der Waals surface area (Å²) in [5, 5.41) is 4.08. The number of carbonyl (C=O) groups is 1. The monoisotopic (exact) mass is 251 g/mol. The molecule has 0 aliphatic heterocycles. The summed E-state index contributed by atoms with van der Waals surface area (Å²) in [6.07, 6.45) is 6.29. The van der Waals surface area contributed by atoms with Gasteiger partial charge in [0.15, 0.2) is 10.9 Å². The van der Waals surface area contributed by atoms with E-state index in [0.29, 0.717) is 16.3 Å². The van der Waals surface area contributed by atoms with Gasteiger partial charge in [0.05, 0.1) is 13.3 Å². The molecule has 0 bridgehead atoms. The van der Waals surface area contributed by atoms with E-state index in [1.807, 2.05) is 6.26 Å². The molecule has 0 aromatic carbocycles. The van der Waals surface area contributed by atoms with E-state index >= 15 is 0 Å². The molecule has 0 saturated heterocycles. The minimum Gasteiger partial charge on any atom is -0.464 e. The lowest BCUT2D eigenvalue weighted by Crippen LogP contribution is -2.08. The first kappa shape index (κ1) is 11.6. The number of ether oxygens (including phenoxy) is 1.